The van der Waals surface area contributed by atoms with E-state index in [1.165, 1.54) is 12.1 Å². The zero-order valence-corrected chi connectivity index (χ0v) is 18.6. The van der Waals surface area contributed by atoms with Gasteiger partial charge in [-0.3, -0.25) is 4.79 Å². The fourth-order valence-corrected chi connectivity index (χ4v) is 5.10. The molecular formula is C23H28F2N4O3. The fourth-order valence-electron chi connectivity index (χ4n) is 5.10. The van der Waals surface area contributed by atoms with Crippen LogP contribution >= 0.6 is 0 Å². The van der Waals surface area contributed by atoms with Crippen molar-refractivity contribution in [3.8, 4) is 0 Å². The van der Waals surface area contributed by atoms with Gasteiger partial charge in [-0.05, 0) is 43.7 Å². The van der Waals surface area contributed by atoms with Gasteiger partial charge in [0.25, 0.3) is 11.9 Å². The summed E-state index contributed by atoms with van der Waals surface area (Å²) in [5.41, 5.74) is -0.100. The number of fused-ring (bicyclic) bond motifs is 2. The number of piperidine rings is 2. The molecule has 9 heteroatoms. The van der Waals surface area contributed by atoms with Gasteiger partial charge in [0.15, 0.2) is 17.3 Å². The lowest BCUT2D eigenvalue weighted by Crippen LogP contribution is -2.61. The van der Waals surface area contributed by atoms with Crippen LogP contribution in [0, 0.1) is 23.5 Å². The molecule has 4 heterocycles. The second-order valence-corrected chi connectivity index (χ2v) is 9.48. The lowest BCUT2D eigenvalue weighted by molar-refractivity contribution is -0.0191. The zero-order chi connectivity index (χ0) is 22.6. The van der Waals surface area contributed by atoms with Crippen LogP contribution < -0.4 is 15.1 Å². The summed E-state index contributed by atoms with van der Waals surface area (Å²) in [5, 5.41) is 2.57. The lowest BCUT2D eigenvalue weighted by Gasteiger charge is -2.48. The summed E-state index contributed by atoms with van der Waals surface area (Å²) in [5.74, 6) is -0.427. The topological polar surface area (TPSA) is 70.8 Å². The molecule has 0 spiro atoms. The highest BCUT2D eigenvalue weighted by Gasteiger charge is 2.42. The molecule has 1 amide bonds. The van der Waals surface area contributed by atoms with Crippen LogP contribution in [-0.4, -0.2) is 49.8 Å². The number of halogens is 2. The first-order chi connectivity index (χ1) is 15.3. The van der Waals surface area contributed by atoms with Gasteiger partial charge in [0.2, 0.25) is 0 Å². The van der Waals surface area contributed by atoms with Gasteiger partial charge in [0, 0.05) is 32.3 Å². The molecule has 4 fully saturated rings. The van der Waals surface area contributed by atoms with E-state index in [2.05, 4.69) is 10.3 Å². The smallest absolute Gasteiger partial charge is 0.298 e. The van der Waals surface area contributed by atoms with Crippen LogP contribution in [-0.2, 0) is 11.2 Å². The van der Waals surface area contributed by atoms with Crippen LogP contribution in [0.25, 0.3) is 0 Å². The average Bonchev–Trinajstić information content (AvgIpc) is 3.14. The van der Waals surface area contributed by atoms with Gasteiger partial charge in [-0.25, -0.2) is 8.78 Å². The van der Waals surface area contributed by atoms with E-state index in [4.69, 9.17) is 9.15 Å². The molecule has 0 unspecified atom stereocenters. The lowest BCUT2D eigenvalue weighted by atomic mass is 9.71. The first-order valence-electron chi connectivity index (χ1n) is 11.1. The van der Waals surface area contributed by atoms with Crippen molar-refractivity contribution in [1.82, 2.24) is 4.98 Å². The van der Waals surface area contributed by atoms with Crippen molar-refractivity contribution in [1.29, 1.82) is 0 Å². The summed E-state index contributed by atoms with van der Waals surface area (Å²) in [6.07, 6.45) is 2.76. The molecule has 7 nitrogen and oxygen atoms in total. The molecule has 1 aromatic heterocycles. The fraction of sp³-hybridized carbons (Fsp3) is 0.565. The van der Waals surface area contributed by atoms with Crippen LogP contribution in [0.15, 0.2) is 16.5 Å². The number of hydrogen-bond donors (Lipinski definition) is 1. The monoisotopic (exact) mass is 446 g/mol. The Hall–Kier alpha value is -2.68. The number of oxazole rings is 1. The minimum atomic E-state index is -0.669. The number of benzene rings is 1. The molecule has 1 saturated carbocycles. The van der Waals surface area contributed by atoms with E-state index in [0.29, 0.717) is 56.2 Å². The molecule has 1 aliphatic carbocycles. The van der Waals surface area contributed by atoms with E-state index in [1.54, 1.807) is 12.0 Å². The molecule has 6 rings (SSSR count). The summed E-state index contributed by atoms with van der Waals surface area (Å²) in [7, 11) is 1.65. The molecule has 32 heavy (non-hydrogen) atoms. The number of amides is 1. The van der Waals surface area contributed by atoms with Gasteiger partial charge < -0.3 is 24.3 Å². The third kappa shape index (κ3) is 3.62. The Bertz CT molecular complexity index is 1010. The van der Waals surface area contributed by atoms with Crippen molar-refractivity contribution in [2.24, 2.45) is 11.8 Å². The van der Waals surface area contributed by atoms with Gasteiger partial charge in [-0.1, -0.05) is 6.92 Å². The van der Waals surface area contributed by atoms with Gasteiger partial charge in [0.1, 0.15) is 17.0 Å². The number of carbonyl (C=O) groups excluding carboxylic acids is 1. The van der Waals surface area contributed by atoms with Crippen molar-refractivity contribution < 1.29 is 22.7 Å². The highest BCUT2D eigenvalue weighted by Crippen LogP contribution is 2.42. The molecule has 0 radical (unpaired) electrons. The first kappa shape index (κ1) is 21.2. The van der Waals surface area contributed by atoms with Crippen LogP contribution in [0.5, 0.6) is 0 Å². The minimum Gasteiger partial charge on any atom is -0.428 e. The quantitative estimate of drug-likeness (QED) is 0.727. The Morgan fingerprint density at radius 2 is 1.84 bits per heavy atom. The molecule has 1 N–H and O–H groups in total. The van der Waals surface area contributed by atoms with Crippen LogP contribution in [0.3, 0.4) is 0 Å². The predicted molar refractivity (Wildman–Crippen MR) is 116 cm³/mol. The van der Waals surface area contributed by atoms with E-state index in [9.17, 15) is 13.6 Å². The van der Waals surface area contributed by atoms with Gasteiger partial charge in [-0.15, -0.1) is 0 Å². The Morgan fingerprint density at radius 3 is 2.41 bits per heavy atom. The number of hydrogen-bond acceptors (Lipinski definition) is 6. The molecule has 2 bridgehead atoms. The van der Waals surface area contributed by atoms with Gasteiger partial charge >= 0.3 is 0 Å². The standard InChI is InChI=1S/C23H28F2N4O3/c1-4-18-19(27-22(32-18)29-11-23(2,12-29)31-3)21(30)26-15-7-16(24)20(17(25)8-15)28-9-13-5-14(6-13)10-28/h7-8,13-14H,4-6,9-12H2,1-3H3,(H,26,30). The average molecular weight is 446 g/mol. The predicted octanol–water partition coefficient (Wildman–Crippen LogP) is 3.84. The number of nitrogens with zero attached hydrogens (tertiary/aromatic N) is 3. The third-order valence-corrected chi connectivity index (χ3v) is 6.92. The maximum Gasteiger partial charge on any atom is 0.298 e. The molecule has 4 aliphatic rings. The molecule has 3 aliphatic heterocycles. The van der Waals surface area contributed by atoms with Crippen molar-refractivity contribution in [2.75, 3.05) is 48.4 Å². The van der Waals surface area contributed by atoms with Crippen molar-refractivity contribution in [3.05, 3.63) is 35.2 Å². The van der Waals surface area contributed by atoms with Crippen LogP contribution in [0.2, 0.25) is 0 Å². The molecule has 2 aromatic rings. The Labute approximate surface area is 185 Å². The number of aryl methyl sites for hydroxylation is 1. The summed E-state index contributed by atoms with van der Waals surface area (Å²) >= 11 is 0. The molecular weight excluding hydrogens is 418 g/mol. The first-order valence-corrected chi connectivity index (χ1v) is 11.1. The van der Waals surface area contributed by atoms with Crippen molar-refractivity contribution in [2.45, 2.75) is 38.7 Å². The maximum absolute atomic E-state index is 14.8. The number of rotatable bonds is 6. The SMILES string of the molecule is CCc1oc(N2CC(C)(OC)C2)nc1C(=O)Nc1cc(F)c(N2CC3CC(C3)C2)c(F)c1. The Morgan fingerprint density at radius 1 is 1.22 bits per heavy atom. The number of nitrogens with one attached hydrogen (secondary N) is 1. The highest BCUT2D eigenvalue weighted by atomic mass is 19.1. The van der Waals surface area contributed by atoms with Crippen LogP contribution in [0.1, 0.15) is 42.9 Å². The number of methoxy groups -OCH3 is 1. The largest absolute Gasteiger partial charge is 0.428 e. The van der Waals surface area contributed by atoms with Crippen molar-refractivity contribution in [3.63, 3.8) is 0 Å². The zero-order valence-electron chi connectivity index (χ0n) is 18.6. The Kier molecular flexibility index (Phi) is 5.11. The van der Waals surface area contributed by atoms with Crippen LogP contribution in [0.4, 0.5) is 26.2 Å². The number of carbonyl (C=O) groups is 1. The van der Waals surface area contributed by atoms with Crippen molar-refractivity contribution >= 4 is 23.3 Å². The number of ether oxygens (including phenoxy) is 1. The molecule has 0 atom stereocenters. The summed E-state index contributed by atoms with van der Waals surface area (Å²) in [4.78, 5) is 20.9. The summed E-state index contributed by atoms with van der Waals surface area (Å²) in [6, 6.07) is 2.68. The second kappa shape index (κ2) is 7.72. The van der Waals surface area contributed by atoms with E-state index in [0.717, 1.165) is 12.8 Å². The van der Waals surface area contributed by atoms with E-state index >= 15 is 0 Å². The number of aromatic nitrogens is 1. The molecule has 3 saturated heterocycles. The minimum absolute atomic E-state index is 0.00524. The van der Waals surface area contributed by atoms with E-state index in [1.807, 2.05) is 18.7 Å². The summed E-state index contributed by atoms with van der Waals surface area (Å²) < 4.78 is 40.8. The maximum atomic E-state index is 14.8. The van der Waals surface area contributed by atoms with E-state index in [-0.39, 0.29) is 22.7 Å². The van der Waals surface area contributed by atoms with E-state index < -0.39 is 17.5 Å². The van der Waals surface area contributed by atoms with Gasteiger partial charge in [0.05, 0.1) is 13.1 Å². The molecule has 1 aromatic carbocycles. The number of anilines is 3. The third-order valence-electron chi connectivity index (χ3n) is 6.92. The summed E-state index contributed by atoms with van der Waals surface area (Å²) in [6.45, 7) is 6.40. The highest BCUT2D eigenvalue weighted by molar-refractivity contribution is 6.03. The normalized spacial score (nSPS) is 23.5. The second-order valence-electron chi connectivity index (χ2n) is 9.48. The van der Waals surface area contributed by atoms with Gasteiger partial charge in [-0.2, -0.15) is 4.98 Å². The molecule has 172 valence electrons. The Balaban J connectivity index is 1.32.